The molecule has 0 aromatic heterocycles. The van der Waals surface area contributed by atoms with Crippen molar-refractivity contribution in [2.75, 3.05) is 0 Å². The van der Waals surface area contributed by atoms with Crippen LogP contribution in [0.4, 0.5) is 18.9 Å². The molecule has 26 heavy (non-hydrogen) atoms. The first kappa shape index (κ1) is 19.9. The molecule has 0 saturated heterocycles. The number of rotatable bonds is 3. The summed E-state index contributed by atoms with van der Waals surface area (Å²) in [6.07, 6.45) is -0.634. The molecule has 0 saturated carbocycles. The van der Waals surface area contributed by atoms with Gasteiger partial charge in [-0.3, -0.25) is 10.1 Å². The molecule has 1 aliphatic rings. The van der Waals surface area contributed by atoms with Crippen LogP contribution < -0.4 is 0 Å². The van der Waals surface area contributed by atoms with Crippen LogP contribution >= 0.6 is 0 Å². The Hall–Kier alpha value is -2.41. The van der Waals surface area contributed by atoms with E-state index in [1.807, 2.05) is 0 Å². The van der Waals surface area contributed by atoms with Crippen molar-refractivity contribution in [3.63, 3.8) is 0 Å². The molecular formula is C16H15F3N2O4S. The Morgan fingerprint density at radius 1 is 1.23 bits per heavy atom. The lowest BCUT2D eigenvalue weighted by Gasteiger charge is -2.39. The topological polar surface area (TPSA) is 101 Å². The molecule has 0 unspecified atom stereocenters. The smallest absolute Gasteiger partial charge is 0.258 e. The van der Waals surface area contributed by atoms with E-state index in [0.717, 1.165) is 12.1 Å². The molecule has 0 N–H and O–H groups in total. The molecule has 1 aliphatic carbocycles. The van der Waals surface area contributed by atoms with Crippen LogP contribution in [0.3, 0.4) is 0 Å². The Labute approximate surface area is 148 Å². The first-order valence-electron chi connectivity index (χ1n) is 7.49. The fourth-order valence-electron chi connectivity index (χ4n) is 3.20. The lowest BCUT2D eigenvalue weighted by molar-refractivity contribution is -0.384. The second kappa shape index (κ2) is 6.39. The van der Waals surface area contributed by atoms with Crippen molar-refractivity contribution in [2.45, 2.75) is 42.9 Å². The van der Waals surface area contributed by atoms with Crippen molar-refractivity contribution in [3.05, 3.63) is 51.1 Å². The van der Waals surface area contributed by atoms with Gasteiger partial charge in [-0.05, 0) is 25.8 Å². The van der Waals surface area contributed by atoms with Crippen LogP contribution in [-0.4, -0.2) is 23.6 Å². The van der Waals surface area contributed by atoms with Crippen LogP contribution in [0.25, 0.3) is 0 Å². The molecule has 2 atom stereocenters. The van der Waals surface area contributed by atoms with Crippen LogP contribution in [0.5, 0.6) is 0 Å². The first-order valence-corrected chi connectivity index (χ1v) is 8.97. The number of alkyl halides is 3. The van der Waals surface area contributed by atoms with Gasteiger partial charge in [-0.1, -0.05) is 23.3 Å². The predicted octanol–water partition coefficient (Wildman–Crippen LogP) is 4.01. The fourth-order valence-corrected chi connectivity index (χ4v) is 4.73. The van der Waals surface area contributed by atoms with E-state index >= 15 is 0 Å². The molecule has 0 amide bonds. The summed E-state index contributed by atoms with van der Waals surface area (Å²) in [6.45, 7) is 3.16. The van der Waals surface area contributed by atoms with E-state index in [0.29, 0.717) is 11.1 Å². The quantitative estimate of drug-likeness (QED) is 0.442. The molecule has 0 bridgehead atoms. The minimum absolute atomic E-state index is 0.0630. The number of hydrogen-bond donors (Lipinski definition) is 0. The number of nitriles is 1. The second-order valence-corrected chi connectivity index (χ2v) is 8.49. The molecular weight excluding hydrogens is 373 g/mol. The number of benzene rings is 1. The van der Waals surface area contributed by atoms with E-state index < -0.39 is 37.4 Å². The molecule has 1 aromatic rings. The highest BCUT2D eigenvalue weighted by Crippen LogP contribution is 2.51. The number of nitrogens with zero attached hydrogens (tertiary/aromatic N) is 2. The molecule has 0 radical (unpaired) electrons. The maximum Gasteiger partial charge on any atom is 0.499 e. The molecule has 2 rings (SSSR count). The van der Waals surface area contributed by atoms with Crippen LogP contribution in [0.15, 0.2) is 35.4 Å². The minimum atomic E-state index is -5.82. The zero-order chi connectivity index (χ0) is 19.9. The van der Waals surface area contributed by atoms with E-state index in [-0.39, 0.29) is 17.7 Å². The van der Waals surface area contributed by atoms with Gasteiger partial charge < -0.3 is 0 Å². The molecule has 10 heteroatoms. The van der Waals surface area contributed by atoms with Crippen LogP contribution in [0.2, 0.25) is 0 Å². The van der Waals surface area contributed by atoms with Gasteiger partial charge in [0.2, 0.25) is 0 Å². The molecule has 140 valence electrons. The molecule has 0 spiro atoms. The van der Waals surface area contributed by atoms with Crippen molar-refractivity contribution >= 4 is 15.5 Å². The van der Waals surface area contributed by atoms with Crippen molar-refractivity contribution in [2.24, 2.45) is 0 Å². The lowest BCUT2D eigenvalue weighted by atomic mass is 9.73. The average molecular weight is 388 g/mol. The van der Waals surface area contributed by atoms with Gasteiger partial charge in [-0.15, -0.1) is 0 Å². The summed E-state index contributed by atoms with van der Waals surface area (Å²) >= 11 is 0. The summed E-state index contributed by atoms with van der Waals surface area (Å²) in [4.78, 5) is 10.1. The maximum atomic E-state index is 13.3. The van der Waals surface area contributed by atoms with Gasteiger partial charge >= 0.3 is 5.51 Å². The molecule has 0 heterocycles. The number of non-ortho nitro benzene ring substituents is 1. The Kier molecular flexibility index (Phi) is 4.89. The van der Waals surface area contributed by atoms with Crippen LogP contribution in [-0.2, 0) is 9.84 Å². The monoisotopic (exact) mass is 388 g/mol. The Morgan fingerprint density at radius 2 is 1.77 bits per heavy atom. The van der Waals surface area contributed by atoms with Crippen molar-refractivity contribution < 1.29 is 26.5 Å². The summed E-state index contributed by atoms with van der Waals surface area (Å²) in [7, 11) is -5.82. The minimum Gasteiger partial charge on any atom is -0.258 e. The third-order valence-electron chi connectivity index (χ3n) is 4.81. The summed E-state index contributed by atoms with van der Waals surface area (Å²) in [5, 5.41) is 20.3. The largest absolute Gasteiger partial charge is 0.499 e. The van der Waals surface area contributed by atoms with E-state index in [1.54, 1.807) is 6.92 Å². The van der Waals surface area contributed by atoms with Gasteiger partial charge in [0, 0.05) is 24.5 Å². The zero-order valence-electron chi connectivity index (χ0n) is 13.9. The highest BCUT2D eigenvalue weighted by Gasteiger charge is 2.64. The van der Waals surface area contributed by atoms with Gasteiger partial charge in [-0.2, -0.15) is 18.4 Å². The maximum absolute atomic E-state index is 13.3. The first-order chi connectivity index (χ1) is 11.9. The Bertz CT molecular complexity index is 914. The van der Waals surface area contributed by atoms with Crippen molar-refractivity contribution in [1.29, 1.82) is 5.26 Å². The zero-order valence-corrected chi connectivity index (χ0v) is 14.7. The number of hydrogen-bond acceptors (Lipinski definition) is 5. The molecule has 1 aromatic carbocycles. The highest BCUT2D eigenvalue weighted by molar-refractivity contribution is 7.94. The van der Waals surface area contributed by atoms with E-state index in [1.165, 1.54) is 25.1 Å². The number of halogens is 3. The number of nitro groups is 1. The van der Waals surface area contributed by atoms with Gasteiger partial charge in [0.25, 0.3) is 15.5 Å². The Balaban J connectivity index is 2.71. The number of sulfone groups is 1. The van der Waals surface area contributed by atoms with E-state index in [9.17, 15) is 37.0 Å². The second-order valence-electron chi connectivity index (χ2n) is 6.29. The fraction of sp³-hybridized carbons (Fsp3) is 0.438. The van der Waals surface area contributed by atoms with E-state index in [4.69, 9.17) is 0 Å². The van der Waals surface area contributed by atoms with Crippen LogP contribution in [0, 0.1) is 21.4 Å². The summed E-state index contributed by atoms with van der Waals surface area (Å²) in [6, 6.07) is 5.99. The van der Waals surface area contributed by atoms with Gasteiger partial charge in [-0.25, -0.2) is 8.42 Å². The normalized spacial score (nSPS) is 24.2. The SMILES string of the molecule is CC1=C(C)C[C@](C#N)(S(=O)(=O)C(F)(F)F)[C@@H](c2ccc([N+](=O)[O-])cc2)C1. The van der Waals surface area contributed by atoms with Crippen molar-refractivity contribution in [3.8, 4) is 6.07 Å². The van der Waals surface area contributed by atoms with Crippen molar-refractivity contribution in [1.82, 2.24) is 0 Å². The van der Waals surface area contributed by atoms with Gasteiger partial charge in [0.15, 0.2) is 4.75 Å². The number of nitro benzene ring substituents is 1. The molecule has 0 aliphatic heterocycles. The predicted molar refractivity (Wildman–Crippen MR) is 86.8 cm³/mol. The van der Waals surface area contributed by atoms with E-state index in [2.05, 4.69) is 0 Å². The summed E-state index contributed by atoms with van der Waals surface area (Å²) in [5.74, 6) is -1.29. The lowest BCUT2D eigenvalue weighted by Crippen LogP contribution is -2.51. The Morgan fingerprint density at radius 3 is 2.19 bits per heavy atom. The molecule has 0 fully saturated rings. The van der Waals surface area contributed by atoms with Gasteiger partial charge in [0.1, 0.15) is 0 Å². The summed E-state index contributed by atoms with van der Waals surface area (Å²) in [5.41, 5.74) is -4.63. The standard InChI is InChI=1S/C16H15F3N2O4S/c1-10-7-14(12-3-5-13(6-4-12)21(22)23)15(9-20,8-11(10)2)26(24,25)16(17,18)19/h3-6,14H,7-8H2,1-2H3/t14-,15-/m1/s1. The third-order valence-corrected chi connectivity index (χ3v) is 6.90. The highest BCUT2D eigenvalue weighted by atomic mass is 32.2. The van der Waals surface area contributed by atoms with Gasteiger partial charge in [0.05, 0.1) is 11.0 Å². The summed E-state index contributed by atoms with van der Waals surface area (Å²) < 4.78 is 61.7. The molecule has 6 nitrogen and oxygen atoms in total. The third kappa shape index (κ3) is 2.96. The van der Waals surface area contributed by atoms with Crippen LogP contribution in [0.1, 0.15) is 38.2 Å². The average Bonchev–Trinajstić information content (AvgIpc) is 2.55. The number of allylic oxidation sites excluding steroid dienone is 2.